The molecule has 0 aliphatic carbocycles. The third kappa shape index (κ3) is 12.6. The quantitative estimate of drug-likeness (QED) is 0.121. The van der Waals surface area contributed by atoms with E-state index in [9.17, 15) is 0 Å². The Morgan fingerprint density at radius 1 is 0.211 bits per heavy atom. The van der Waals surface area contributed by atoms with Gasteiger partial charge in [-0.1, -0.05) is 222 Å². The number of nitrogens with zero attached hydrogens (tertiary/aromatic N) is 12. The van der Waals surface area contributed by atoms with Crippen molar-refractivity contribution in [2.45, 2.75) is 170 Å². The minimum absolute atomic E-state index is 0.129. The molecule has 0 saturated carbocycles. The monoisotopic (exact) mass is 1500 g/mol. The number of aromatic nitrogens is 16. The van der Waals surface area contributed by atoms with Crippen LogP contribution in [0.25, 0.3) is 179 Å². The summed E-state index contributed by atoms with van der Waals surface area (Å²) in [6, 6.07) is 59.5. The van der Waals surface area contributed by atoms with Gasteiger partial charge in [0.1, 0.15) is 69.9 Å². The predicted molar refractivity (Wildman–Crippen MR) is 459 cm³/mol. The van der Waals surface area contributed by atoms with Crippen LogP contribution in [-0.2, 0) is 45.7 Å². The van der Waals surface area contributed by atoms with E-state index < -0.39 is 0 Å². The van der Waals surface area contributed by atoms with Gasteiger partial charge in [-0.2, -0.15) is 0 Å². The van der Waals surface area contributed by atoms with Gasteiger partial charge in [-0.15, -0.1) is 0 Å². The third-order valence-corrected chi connectivity index (χ3v) is 22.7. The highest BCUT2D eigenvalue weighted by Gasteiger charge is 2.31. The maximum absolute atomic E-state index is 6.88. The summed E-state index contributed by atoms with van der Waals surface area (Å²) in [4.78, 5) is 79.4. The van der Waals surface area contributed by atoms with Crippen molar-refractivity contribution >= 4 is 88.3 Å². The molecule has 15 aromatic rings. The van der Waals surface area contributed by atoms with E-state index in [2.05, 4.69) is 266 Å². The molecular formula is C96H90N16O2. The van der Waals surface area contributed by atoms with E-state index in [0.717, 1.165) is 121 Å². The second-order valence-electron chi connectivity index (χ2n) is 37.0. The van der Waals surface area contributed by atoms with Crippen molar-refractivity contribution in [1.82, 2.24) is 79.7 Å². The van der Waals surface area contributed by atoms with Crippen LogP contribution in [0, 0.1) is 0 Å². The Hall–Kier alpha value is -12.7. The molecule has 0 spiro atoms. The SMILES string of the molecule is CC(C)(C)c1ccc2c(c1)-c1nc-2nc2[nH]c(nc3nc(nc4[nH]c(n1)c1ccc(C(C)(C)C)cc41)-c1ccc(OCc4ccccc4COc4ccc5c(c4)-c4nc-5nc5[nH]c(nc6nc(nc7[nH]c(n4)c4ccc(C(C)(C)C)cc74)-c4ccc(C(C)(C)C)cc4-6)c4ccc(C(C)(C)C)cc54)cc1-3)c1ccc(C(C)(C)C)cc21. The molecule has 4 aliphatic heterocycles. The zero-order valence-electron chi connectivity index (χ0n) is 67.8. The molecule has 18 heteroatoms. The van der Waals surface area contributed by atoms with Crippen LogP contribution >= 0.6 is 0 Å². The summed E-state index contributed by atoms with van der Waals surface area (Å²) in [5, 5.41) is 7.25. The second-order valence-corrected chi connectivity index (χ2v) is 37.0. The number of hydrogen-bond donors (Lipinski definition) is 4. The molecule has 566 valence electrons. The Morgan fingerprint density at radius 2 is 0.421 bits per heavy atom. The highest BCUT2D eigenvalue weighted by Crippen LogP contribution is 2.45. The first-order valence-corrected chi connectivity index (χ1v) is 39.3. The van der Waals surface area contributed by atoms with E-state index in [1.54, 1.807) is 0 Å². The first-order valence-electron chi connectivity index (χ1n) is 39.3. The van der Waals surface area contributed by atoms with Crippen LogP contribution in [0.5, 0.6) is 11.5 Å². The molecule has 0 radical (unpaired) electrons. The van der Waals surface area contributed by atoms with Crippen molar-refractivity contribution in [2.24, 2.45) is 0 Å². The van der Waals surface area contributed by atoms with Crippen molar-refractivity contribution in [2.75, 3.05) is 0 Å². The van der Waals surface area contributed by atoms with Crippen molar-refractivity contribution < 1.29 is 9.47 Å². The number of H-pyrrole nitrogens is 4. The first kappa shape index (κ1) is 71.6. The minimum atomic E-state index is -0.152. The number of ether oxygens (including phenoxy) is 2. The molecule has 0 amide bonds. The van der Waals surface area contributed by atoms with Crippen LogP contribution in [0.1, 0.15) is 169 Å². The lowest BCUT2D eigenvalue weighted by atomic mass is 9.85. The first-order chi connectivity index (χ1) is 54.1. The lowest BCUT2D eigenvalue weighted by Crippen LogP contribution is -2.10. The molecule has 4 aliphatic rings. The molecule has 16 bridgehead atoms. The van der Waals surface area contributed by atoms with Gasteiger partial charge in [0.05, 0.1) is 0 Å². The molecule has 18 nitrogen and oxygen atoms in total. The van der Waals surface area contributed by atoms with Crippen molar-refractivity contribution in [3.05, 3.63) is 214 Å². The molecule has 4 N–H and O–H groups in total. The zero-order chi connectivity index (χ0) is 79.2. The molecule has 0 unspecified atom stereocenters. The third-order valence-electron chi connectivity index (χ3n) is 22.7. The number of rotatable bonds is 6. The van der Waals surface area contributed by atoms with E-state index in [1.165, 1.54) is 11.1 Å². The van der Waals surface area contributed by atoms with Crippen LogP contribution in [0.4, 0.5) is 0 Å². The zero-order valence-corrected chi connectivity index (χ0v) is 67.8. The Bertz CT molecular complexity index is 6550. The fourth-order valence-corrected chi connectivity index (χ4v) is 15.7. The van der Waals surface area contributed by atoms with Crippen LogP contribution in [-0.4, -0.2) is 79.7 Å². The van der Waals surface area contributed by atoms with Gasteiger partial charge < -0.3 is 29.4 Å². The average Bonchev–Trinajstić information content (AvgIpc) is 1.59. The summed E-state index contributed by atoms with van der Waals surface area (Å²) in [6.07, 6.45) is 0. The second kappa shape index (κ2) is 25.4. The van der Waals surface area contributed by atoms with Gasteiger partial charge >= 0.3 is 0 Å². The average molecular weight is 1500 g/mol. The lowest BCUT2D eigenvalue weighted by Gasteiger charge is -2.19. The van der Waals surface area contributed by atoms with Gasteiger partial charge in [0.25, 0.3) is 0 Å². The number of aromatic amines is 4. The largest absolute Gasteiger partial charge is 0.489 e. The number of nitrogens with one attached hydrogen (secondary N) is 4. The number of hydrogen-bond acceptors (Lipinski definition) is 14. The van der Waals surface area contributed by atoms with Gasteiger partial charge in [0, 0.05) is 87.6 Å². The van der Waals surface area contributed by atoms with Gasteiger partial charge in [-0.25, -0.2) is 59.8 Å². The number of benzene rings is 9. The topological polar surface area (TPSA) is 236 Å². The fraction of sp³-hybridized carbons (Fsp3) is 0.271. The van der Waals surface area contributed by atoms with Crippen molar-refractivity contribution in [1.29, 1.82) is 0 Å². The Morgan fingerprint density at radius 3 is 0.675 bits per heavy atom. The predicted octanol–water partition coefficient (Wildman–Crippen LogP) is 23.0. The van der Waals surface area contributed by atoms with Gasteiger partial charge in [-0.05, 0) is 150 Å². The molecule has 0 fully saturated rings. The normalized spacial score (nSPS) is 13.1. The van der Waals surface area contributed by atoms with Gasteiger partial charge in [0.2, 0.25) is 0 Å². The lowest BCUT2D eigenvalue weighted by molar-refractivity contribution is 0.285. The van der Waals surface area contributed by atoms with Crippen LogP contribution in [0.15, 0.2) is 170 Å². The Kier molecular flexibility index (Phi) is 16.0. The summed E-state index contributed by atoms with van der Waals surface area (Å²) in [6.45, 7) is 40.5. The molecule has 6 aromatic heterocycles. The molecular weight excluding hydrogens is 1410 g/mol. The molecule has 19 rings (SSSR count). The van der Waals surface area contributed by atoms with Crippen molar-refractivity contribution in [3.63, 3.8) is 0 Å². The van der Waals surface area contributed by atoms with E-state index in [-0.39, 0.29) is 45.7 Å². The highest BCUT2D eigenvalue weighted by molar-refractivity contribution is 6.09. The van der Waals surface area contributed by atoms with E-state index >= 15 is 0 Å². The smallest absolute Gasteiger partial charge is 0.164 e. The molecule has 9 aromatic carbocycles. The summed E-state index contributed by atoms with van der Waals surface area (Å²) in [5.41, 5.74) is 19.7. The van der Waals surface area contributed by atoms with Crippen LogP contribution in [0.2, 0.25) is 0 Å². The molecule has 114 heavy (non-hydrogen) atoms. The van der Waals surface area contributed by atoms with E-state index in [4.69, 9.17) is 69.3 Å². The summed E-state index contributed by atoms with van der Waals surface area (Å²) < 4.78 is 13.8. The fourth-order valence-electron chi connectivity index (χ4n) is 15.7. The maximum atomic E-state index is 6.88. The summed E-state index contributed by atoms with van der Waals surface area (Å²) >= 11 is 0. The summed E-state index contributed by atoms with van der Waals surface area (Å²) in [5.74, 6) is 5.41. The minimum Gasteiger partial charge on any atom is -0.489 e. The number of fused-ring (bicyclic) bond motifs is 40. The standard InChI is InChI=1S/C96H90N16O2/c1-91(2,3)51-23-31-59-67(39-51)83-97-75(59)101-85-71-43-55(95(13,14)15)27-35-63(71)79(105-85)109-89-73-45-57(29-37-65(73)81(111-89)107-87-69-41-53(93(7,8)9)25-33-61(69)77(99-83)103-87)113-47-49-21-19-20-22-50(49)48-114-58-30-38-66-74(46-58)90-110-80-64-36-28-56(96(16,17)18)44-72(64)86(106-80)102-76-60-32-24-52(92(4,5)6)40-68(60)84(98-76)100-78-62-34-26-54(94(10,11)12)42-70(62)88(104-78)108-82(66)112-90/h19-46H,47-48H2,1-18H3,(H2,97,99,101,103,105,107,109,111)(H2,98,100,102,104,106,108,110,112). The van der Waals surface area contributed by atoms with E-state index in [1.807, 2.05) is 48.5 Å². The Balaban J connectivity index is 0.701. The molecule has 10 heterocycles. The maximum Gasteiger partial charge on any atom is 0.164 e. The van der Waals surface area contributed by atoms with E-state index in [0.29, 0.717) is 103 Å². The van der Waals surface area contributed by atoms with Crippen LogP contribution < -0.4 is 9.47 Å². The summed E-state index contributed by atoms with van der Waals surface area (Å²) in [7, 11) is 0. The molecule has 0 atom stereocenters. The van der Waals surface area contributed by atoms with Gasteiger partial charge in [0.15, 0.2) is 46.6 Å². The molecule has 0 saturated heterocycles. The van der Waals surface area contributed by atoms with Crippen molar-refractivity contribution in [3.8, 4) is 103 Å². The van der Waals surface area contributed by atoms with Crippen LogP contribution in [0.3, 0.4) is 0 Å². The van der Waals surface area contributed by atoms with Gasteiger partial charge in [-0.3, -0.25) is 0 Å². The highest BCUT2D eigenvalue weighted by atomic mass is 16.5. The Labute approximate surface area is 661 Å².